The molecular weight excluding hydrogens is 186 g/mol. The zero-order valence-electron chi connectivity index (χ0n) is 8.04. The van der Waals surface area contributed by atoms with E-state index in [1.807, 2.05) is 4.57 Å². The molecule has 0 fully saturated rings. The molecule has 4 nitrogen and oxygen atoms in total. The molecule has 1 N–H and O–H groups in total. The number of aromatic nitrogens is 3. The highest BCUT2D eigenvalue weighted by atomic mass is 32.1. The minimum atomic E-state index is 0.702. The predicted octanol–water partition coefficient (Wildman–Crippen LogP) is 1.54. The molecule has 0 unspecified atom stereocenters. The van der Waals surface area contributed by atoms with Gasteiger partial charge in [-0.3, -0.25) is 5.10 Å². The van der Waals surface area contributed by atoms with E-state index in [2.05, 4.69) is 17.1 Å². The minimum Gasteiger partial charge on any atom is -0.385 e. The predicted molar refractivity (Wildman–Crippen MR) is 53.3 cm³/mol. The second kappa shape index (κ2) is 5.14. The Morgan fingerprint density at radius 2 is 2.38 bits per heavy atom. The summed E-state index contributed by atoms with van der Waals surface area (Å²) < 4.78 is 7.70. The lowest BCUT2D eigenvalue weighted by atomic mass is 10.4. The fourth-order valence-corrected chi connectivity index (χ4v) is 1.46. The normalized spacial score (nSPS) is 10.6. The van der Waals surface area contributed by atoms with Crippen molar-refractivity contribution in [3.8, 4) is 0 Å². The average molecular weight is 201 g/mol. The number of methoxy groups -OCH3 is 1. The Bertz CT molecular complexity index is 305. The molecule has 1 heterocycles. The zero-order chi connectivity index (χ0) is 9.68. The smallest absolute Gasteiger partial charge is 0.195 e. The van der Waals surface area contributed by atoms with Crippen LogP contribution in [0.4, 0.5) is 0 Å². The summed E-state index contributed by atoms with van der Waals surface area (Å²) in [6, 6.07) is 0. The molecule has 0 atom stereocenters. The second-order valence-electron chi connectivity index (χ2n) is 2.80. The van der Waals surface area contributed by atoms with Crippen LogP contribution >= 0.6 is 12.2 Å². The van der Waals surface area contributed by atoms with Gasteiger partial charge in [-0.15, -0.1) is 0 Å². The van der Waals surface area contributed by atoms with Gasteiger partial charge in [0.25, 0.3) is 0 Å². The fraction of sp³-hybridized carbons (Fsp3) is 0.750. The Hall–Kier alpha value is -0.680. The average Bonchev–Trinajstić information content (AvgIpc) is 2.48. The third-order valence-corrected chi connectivity index (χ3v) is 2.20. The largest absolute Gasteiger partial charge is 0.385 e. The van der Waals surface area contributed by atoms with E-state index in [-0.39, 0.29) is 0 Å². The first-order valence-electron chi connectivity index (χ1n) is 4.42. The van der Waals surface area contributed by atoms with Gasteiger partial charge < -0.3 is 9.30 Å². The van der Waals surface area contributed by atoms with Gasteiger partial charge in [-0.25, -0.2) is 0 Å². The number of hydrogen-bond acceptors (Lipinski definition) is 3. The minimum absolute atomic E-state index is 0.702. The third-order valence-electron chi connectivity index (χ3n) is 1.88. The van der Waals surface area contributed by atoms with Crippen LogP contribution in [0.15, 0.2) is 0 Å². The molecule has 13 heavy (non-hydrogen) atoms. The highest BCUT2D eigenvalue weighted by Crippen LogP contribution is 2.00. The molecule has 0 saturated carbocycles. The lowest BCUT2D eigenvalue weighted by molar-refractivity contribution is 0.190. The van der Waals surface area contributed by atoms with Crippen LogP contribution in [-0.2, 0) is 17.7 Å². The molecule has 0 amide bonds. The van der Waals surface area contributed by atoms with E-state index in [1.54, 1.807) is 7.11 Å². The molecule has 0 aliphatic rings. The van der Waals surface area contributed by atoms with E-state index in [9.17, 15) is 0 Å². The molecule has 74 valence electrons. The summed E-state index contributed by atoms with van der Waals surface area (Å²) in [5.74, 6) is 1.01. The SMILES string of the molecule is CCc1n[nH]c(=S)n1CCCOC. The summed E-state index contributed by atoms with van der Waals surface area (Å²) in [6.45, 7) is 3.71. The molecule has 0 radical (unpaired) electrons. The number of aromatic amines is 1. The van der Waals surface area contributed by atoms with Gasteiger partial charge in [0.2, 0.25) is 0 Å². The topological polar surface area (TPSA) is 42.8 Å². The van der Waals surface area contributed by atoms with E-state index < -0.39 is 0 Å². The Morgan fingerprint density at radius 3 is 3.00 bits per heavy atom. The highest BCUT2D eigenvalue weighted by Gasteiger charge is 2.02. The maximum atomic E-state index is 5.09. The molecule has 0 bridgehead atoms. The van der Waals surface area contributed by atoms with E-state index in [4.69, 9.17) is 17.0 Å². The number of aryl methyl sites for hydroxylation is 1. The summed E-state index contributed by atoms with van der Waals surface area (Å²) in [7, 11) is 1.70. The number of rotatable bonds is 5. The van der Waals surface area contributed by atoms with Crippen LogP contribution in [0.5, 0.6) is 0 Å². The van der Waals surface area contributed by atoms with Gasteiger partial charge in [-0.1, -0.05) is 6.92 Å². The number of ether oxygens (including phenoxy) is 1. The quantitative estimate of drug-likeness (QED) is 0.580. The number of hydrogen-bond donors (Lipinski definition) is 1. The van der Waals surface area contributed by atoms with Crippen molar-refractivity contribution in [2.24, 2.45) is 0 Å². The Morgan fingerprint density at radius 1 is 1.62 bits per heavy atom. The molecule has 1 aromatic rings. The molecule has 1 aromatic heterocycles. The van der Waals surface area contributed by atoms with Gasteiger partial charge in [0.1, 0.15) is 5.82 Å². The maximum Gasteiger partial charge on any atom is 0.195 e. The molecule has 1 rings (SSSR count). The number of H-pyrrole nitrogens is 1. The van der Waals surface area contributed by atoms with E-state index in [0.717, 1.165) is 31.8 Å². The highest BCUT2D eigenvalue weighted by molar-refractivity contribution is 7.71. The second-order valence-corrected chi connectivity index (χ2v) is 3.18. The maximum absolute atomic E-state index is 5.09. The van der Waals surface area contributed by atoms with E-state index in [0.29, 0.717) is 4.77 Å². The van der Waals surface area contributed by atoms with Crippen LogP contribution in [0, 0.1) is 4.77 Å². The van der Waals surface area contributed by atoms with Gasteiger partial charge >= 0.3 is 0 Å². The lowest BCUT2D eigenvalue weighted by Crippen LogP contribution is -2.05. The van der Waals surface area contributed by atoms with Gasteiger partial charge in [0.05, 0.1) is 0 Å². The molecule has 0 saturated heterocycles. The van der Waals surface area contributed by atoms with E-state index >= 15 is 0 Å². The molecule has 0 aliphatic heterocycles. The van der Waals surface area contributed by atoms with Crippen molar-refractivity contribution < 1.29 is 4.74 Å². The van der Waals surface area contributed by atoms with Crippen LogP contribution in [0.2, 0.25) is 0 Å². The van der Waals surface area contributed by atoms with Crippen molar-refractivity contribution in [3.63, 3.8) is 0 Å². The van der Waals surface area contributed by atoms with Crippen LogP contribution in [-0.4, -0.2) is 28.5 Å². The monoisotopic (exact) mass is 201 g/mol. The lowest BCUT2D eigenvalue weighted by Gasteiger charge is -2.03. The first-order chi connectivity index (χ1) is 6.29. The fourth-order valence-electron chi connectivity index (χ4n) is 1.22. The van der Waals surface area contributed by atoms with Gasteiger partial charge in [0, 0.05) is 26.7 Å². The summed E-state index contributed by atoms with van der Waals surface area (Å²) in [4.78, 5) is 0. The first-order valence-corrected chi connectivity index (χ1v) is 4.83. The van der Waals surface area contributed by atoms with Gasteiger partial charge in [-0.2, -0.15) is 5.10 Å². The summed E-state index contributed by atoms with van der Waals surface area (Å²) >= 11 is 5.09. The van der Waals surface area contributed by atoms with Crippen molar-refractivity contribution >= 4 is 12.2 Å². The molecule has 5 heteroatoms. The third kappa shape index (κ3) is 2.63. The first kappa shape index (κ1) is 10.4. The molecule has 0 spiro atoms. The summed E-state index contributed by atoms with van der Waals surface area (Å²) in [6.07, 6.45) is 1.87. The number of nitrogens with one attached hydrogen (secondary N) is 1. The standard InChI is InChI=1S/C8H15N3OS/c1-3-7-9-10-8(13)11(7)5-4-6-12-2/h3-6H2,1-2H3,(H,10,13). The summed E-state index contributed by atoms with van der Waals surface area (Å²) in [5.41, 5.74) is 0. The van der Waals surface area contributed by atoms with Crippen LogP contribution in [0.1, 0.15) is 19.2 Å². The van der Waals surface area contributed by atoms with Crippen LogP contribution in [0.25, 0.3) is 0 Å². The Kier molecular flexibility index (Phi) is 4.11. The number of nitrogens with zero attached hydrogens (tertiary/aromatic N) is 2. The zero-order valence-corrected chi connectivity index (χ0v) is 8.86. The van der Waals surface area contributed by atoms with Crippen LogP contribution < -0.4 is 0 Å². The van der Waals surface area contributed by atoms with Crippen molar-refractivity contribution in [2.75, 3.05) is 13.7 Å². The Balaban J connectivity index is 2.63. The van der Waals surface area contributed by atoms with Crippen molar-refractivity contribution in [2.45, 2.75) is 26.3 Å². The van der Waals surface area contributed by atoms with Crippen molar-refractivity contribution in [1.82, 2.24) is 14.8 Å². The van der Waals surface area contributed by atoms with Gasteiger partial charge in [0.15, 0.2) is 4.77 Å². The summed E-state index contributed by atoms with van der Waals surface area (Å²) in [5, 5.41) is 6.91. The van der Waals surface area contributed by atoms with Crippen molar-refractivity contribution in [1.29, 1.82) is 0 Å². The van der Waals surface area contributed by atoms with Crippen molar-refractivity contribution in [3.05, 3.63) is 10.6 Å². The molecule has 0 aromatic carbocycles. The van der Waals surface area contributed by atoms with Gasteiger partial charge in [-0.05, 0) is 18.6 Å². The molecular formula is C8H15N3OS. The molecule has 0 aliphatic carbocycles. The van der Waals surface area contributed by atoms with E-state index in [1.165, 1.54) is 0 Å². The Labute approximate surface area is 82.9 Å². The van der Waals surface area contributed by atoms with Crippen LogP contribution in [0.3, 0.4) is 0 Å².